The van der Waals surface area contributed by atoms with Crippen molar-refractivity contribution in [1.29, 1.82) is 5.26 Å². The quantitative estimate of drug-likeness (QED) is 0.926. The molecule has 1 aliphatic carbocycles. The fourth-order valence-electron chi connectivity index (χ4n) is 2.32. The van der Waals surface area contributed by atoms with Crippen LogP contribution in [0.25, 0.3) is 0 Å². The molecule has 4 heteroatoms. The van der Waals surface area contributed by atoms with Gasteiger partial charge in [-0.15, -0.1) is 22.7 Å². The van der Waals surface area contributed by atoms with Crippen molar-refractivity contribution in [3.63, 3.8) is 0 Å². The van der Waals surface area contributed by atoms with Crippen molar-refractivity contribution in [3.8, 4) is 6.07 Å². The van der Waals surface area contributed by atoms with Crippen LogP contribution < -0.4 is 5.32 Å². The topological polar surface area (TPSA) is 35.8 Å². The van der Waals surface area contributed by atoms with Gasteiger partial charge in [0.15, 0.2) is 0 Å². The standard InChI is InChI=1S/C14H14N2S2/c15-6-10-4-12(17-9-10)7-16-8-13-5-11-2-1-3-14(11)18-13/h4-5,9,16H,1-3,7-8H2. The lowest BCUT2D eigenvalue weighted by Crippen LogP contribution is -2.10. The molecule has 92 valence electrons. The van der Waals surface area contributed by atoms with Gasteiger partial charge in [0.1, 0.15) is 6.07 Å². The van der Waals surface area contributed by atoms with E-state index in [1.807, 2.05) is 22.8 Å². The smallest absolute Gasteiger partial charge is 0.100 e. The molecule has 2 aromatic rings. The van der Waals surface area contributed by atoms with Gasteiger partial charge in [-0.3, -0.25) is 0 Å². The molecule has 0 atom stereocenters. The molecule has 2 heterocycles. The molecule has 0 amide bonds. The SMILES string of the molecule is N#Cc1csc(CNCc2cc3c(s2)CCC3)c1. The lowest BCUT2D eigenvalue weighted by molar-refractivity contribution is 0.708. The summed E-state index contributed by atoms with van der Waals surface area (Å²) >= 11 is 3.61. The summed E-state index contributed by atoms with van der Waals surface area (Å²) in [7, 11) is 0. The average molecular weight is 274 g/mol. The van der Waals surface area contributed by atoms with E-state index in [-0.39, 0.29) is 0 Å². The molecule has 3 rings (SSSR count). The van der Waals surface area contributed by atoms with Crippen LogP contribution in [0.15, 0.2) is 17.5 Å². The molecule has 0 spiro atoms. The molecule has 0 fully saturated rings. The minimum absolute atomic E-state index is 0.770. The van der Waals surface area contributed by atoms with Crippen LogP contribution in [-0.4, -0.2) is 0 Å². The zero-order valence-electron chi connectivity index (χ0n) is 10.0. The van der Waals surface area contributed by atoms with Gasteiger partial charge in [-0.1, -0.05) is 0 Å². The number of nitrogens with one attached hydrogen (secondary N) is 1. The minimum Gasteiger partial charge on any atom is -0.307 e. The highest BCUT2D eigenvalue weighted by atomic mass is 32.1. The van der Waals surface area contributed by atoms with Crippen molar-refractivity contribution >= 4 is 22.7 Å². The Hall–Kier alpha value is -1.15. The molecule has 2 nitrogen and oxygen atoms in total. The lowest BCUT2D eigenvalue weighted by Gasteiger charge is -2.00. The Morgan fingerprint density at radius 3 is 2.89 bits per heavy atom. The summed E-state index contributed by atoms with van der Waals surface area (Å²) in [6.45, 7) is 1.80. The maximum atomic E-state index is 8.76. The summed E-state index contributed by atoms with van der Waals surface area (Å²) in [5.74, 6) is 0. The zero-order chi connectivity index (χ0) is 12.4. The maximum Gasteiger partial charge on any atom is 0.100 e. The van der Waals surface area contributed by atoms with Gasteiger partial charge in [0.25, 0.3) is 0 Å². The Kier molecular flexibility index (Phi) is 3.46. The van der Waals surface area contributed by atoms with Crippen molar-refractivity contribution in [1.82, 2.24) is 5.32 Å². The molecule has 0 aromatic carbocycles. The van der Waals surface area contributed by atoms with Gasteiger partial charge < -0.3 is 5.32 Å². The first kappa shape index (κ1) is 11.9. The predicted octanol–water partition coefficient (Wildman–Crippen LogP) is 3.46. The molecule has 0 unspecified atom stereocenters. The van der Waals surface area contributed by atoms with Gasteiger partial charge in [0.05, 0.1) is 5.56 Å². The molecule has 0 radical (unpaired) electrons. The number of nitriles is 1. The first-order valence-corrected chi connectivity index (χ1v) is 7.83. The first-order valence-electron chi connectivity index (χ1n) is 6.14. The lowest BCUT2D eigenvalue weighted by atomic mass is 10.2. The van der Waals surface area contributed by atoms with Gasteiger partial charge in [0.2, 0.25) is 0 Å². The van der Waals surface area contributed by atoms with Crippen LogP contribution in [0.5, 0.6) is 0 Å². The second kappa shape index (κ2) is 5.23. The number of fused-ring (bicyclic) bond motifs is 1. The molecule has 1 N–H and O–H groups in total. The van der Waals surface area contributed by atoms with Crippen molar-refractivity contribution in [2.75, 3.05) is 0 Å². The Labute approximate surface area is 115 Å². The fraction of sp³-hybridized carbons (Fsp3) is 0.357. The summed E-state index contributed by atoms with van der Waals surface area (Å²) in [4.78, 5) is 4.27. The van der Waals surface area contributed by atoms with E-state index in [4.69, 9.17) is 5.26 Å². The third kappa shape index (κ3) is 2.49. The normalized spacial score (nSPS) is 13.5. The molecule has 0 bridgehead atoms. The number of nitrogens with zero attached hydrogens (tertiary/aromatic N) is 1. The third-order valence-corrected chi connectivity index (χ3v) is 5.35. The van der Waals surface area contributed by atoms with Crippen LogP contribution in [-0.2, 0) is 25.9 Å². The molecule has 0 saturated carbocycles. The predicted molar refractivity (Wildman–Crippen MR) is 75.9 cm³/mol. The summed E-state index contributed by atoms with van der Waals surface area (Å²) in [6.07, 6.45) is 3.87. The number of hydrogen-bond donors (Lipinski definition) is 1. The minimum atomic E-state index is 0.770. The summed E-state index contributed by atoms with van der Waals surface area (Å²) in [5, 5.41) is 14.1. The van der Waals surface area contributed by atoms with Crippen LogP contribution in [0.4, 0.5) is 0 Å². The number of aryl methyl sites for hydroxylation is 2. The van der Waals surface area contributed by atoms with E-state index in [1.54, 1.807) is 21.8 Å². The maximum absolute atomic E-state index is 8.76. The Bertz CT molecular complexity index is 568. The highest BCUT2D eigenvalue weighted by molar-refractivity contribution is 7.12. The Morgan fingerprint density at radius 1 is 1.22 bits per heavy atom. The van der Waals surface area contributed by atoms with E-state index in [1.165, 1.54) is 29.0 Å². The molecular weight excluding hydrogens is 260 g/mol. The van der Waals surface area contributed by atoms with Crippen molar-refractivity contribution in [2.45, 2.75) is 32.4 Å². The second-order valence-corrected chi connectivity index (χ2v) is 6.75. The highest BCUT2D eigenvalue weighted by Crippen LogP contribution is 2.30. The zero-order valence-corrected chi connectivity index (χ0v) is 11.7. The fourth-order valence-corrected chi connectivity index (χ4v) is 4.33. The van der Waals surface area contributed by atoms with E-state index < -0.39 is 0 Å². The van der Waals surface area contributed by atoms with E-state index in [0.29, 0.717) is 0 Å². The van der Waals surface area contributed by atoms with Crippen LogP contribution in [0.2, 0.25) is 0 Å². The second-order valence-electron chi connectivity index (χ2n) is 4.53. The average Bonchev–Trinajstić information content (AvgIpc) is 3.03. The van der Waals surface area contributed by atoms with Gasteiger partial charge in [-0.05, 0) is 37.0 Å². The van der Waals surface area contributed by atoms with Crippen LogP contribution in [0.1, 0.15) is 32.2 Å². The molecular formula is C14H14N2S2. The Morgan fingerprint density at radius 2 is 2.11 bits per heavy atom. The van der Waals surface area contributed by atoms with Crippen molar-refractivity contribution in [3.05, 3.63) is 43.3 Å². The highest BCUT2D eigenvalue weighted by Gasteiger charge is 2.14. The van der Waals surface area contributed by atoms with Gasteiger partial charge in [0, 0.05) is 33.1 Å². The van der Waals surface area contributed by atoms with Crippen LogP contribution in [0.3, 0.4) is 0 Å². The molecule has 2 aromatic heterocycles. The molecule has 1 aliphatic rings. The van der Waals surface area contributed by atoms with E-state index in [2.05, 4.69) is 17.5 Å². The van der Waals surface area contributed by atoms with Gasteiger partial charge >= 0.3 is 0 Å². The van der Waals surface area contributed by atoms with Crippen molar-refractivity contribution in [2.24, 2.45) is 0 Å². The van der Waals surface area contributed by atoms with Crippen LogP contribution in [0, 0.1) is 11.3 Å². The molecule has 18 heavy (non-hydrogen) atoms. The number of rotatable bonds is 4. The number of thiophene rings is 2. The monoisotopic (exact) mass is 274 g/mol. The van der Waals surface area contributed by atoms with E-state index >= 15 is 0 Å². The molecule has 0 saturated heterocycles. The number of hydrogen-bond acceptors (Lipinski definition) is 4. The third-order valence-electron chi connectivity index (χ3n) is 3.18. The van der Waals surface area contributed by atoms with Crippen molar-refractivity contribution < 1.29 is 0 Å². The van der Waals surface area contributed by atoms with Gasteiger partial charge in [-0.25, -0.2) is 0 Å². The summed E-state index contributed by atoms with van der Waals surface area (Å²) in [6, 6.07) is 6.49. The summed E-state index contributed by atoms with van der Waals surface area (Å²) < 4.78 is 0. The van der Waals surface area contributed by atoms with E-state index in [9.17, 15) is 0 Å². The van der Waals surface area contributed by atoms with Crippen LogP contribution >= 0.6 is 22.7 Å². The summed E-state index contributed by atoms with van der Waals surface area (Å²) in [5.41, 5.74) is 2.34. The van der Waals surface area contributed by atoms with E-state index in [0.717, 1.165) is 18.7 Å². The Balaban J connectivity index is 1.53. The first-order chi connectivity index (χ1) is 8.85. The van der Waals surface area contributed by atoms with Gasteiger partial charge in [-0.2, -0.15) is 5.26 Å². The molecule has 0 aliphatic heterocycles. The largest absolute Gasteiger partial charge is 0.307 e.